The van der Waals surface area contributed by atoms with Crippen molar-refractivity contribution < 1.29 is 0 Å². The van der Waals surface area contributed by atoms with E-state index in [0.717, 1.165) is 32.0 Å². The van der Waals surface area contributed by atoms with Gasteiger partial charge >= 0.3 is 0 Å². The van der Waals surface area contributed by atoms with Crippen molar-refractivity contribution in [3.05, 3.63) is 29.8 Å². The van der Waals surface area contributed by atoms with Gasteiger partial charge in [0.2, 0.25) is 0 Å². The van der Waals surface area contributed by atoms with Crippen molar-refractivity contribution in [1.29, 1.82) is 0 Å². The third kappa shape index (κ3) is 3.24. The lowest BCUT2D eigenvalue weighted by Crippen LogP contribution is -2.40. The first-order valence-electron chi connectivity index (χ1n) is 7.78. The van der Waals surface area contributed by atoms with Gasteiger partial charge in [-0.25, -0.2) is 0 Å². The van der Waals surface area contributed by atoms with Gasteiger partial charge in [-0.15, -0.1) is 0 Å². The predicted octanol–water partition coefficient (Wildman–Crippen LogP) is 2.12. The van der Waals surface area contributed by atoms with E-state index in [1.54, 1.807) is 0 Å². The van der Waals surface area contributed by atoms with Crippen LogP contribution in [0.3, 0.4) is 0 Å². The van der Waals surface area contributed by atoms with Crippen LogP contribution in [0.15, 0.2) is 29.3 Å². The number of rotatable bonds is 3. The molecular weight excluding hydrogens is 248 g/mol. The summed E-state index contributed by atoms with van der Waals surface area (Å²) in [5, 5.41) is 6.74. The van der Waals surface area contributed by atoms with Crippen molar-refractivity contribution in [2.75, 3.05) is 31.1 Å². The highest BCUT2D eigenvalue weighted by molar-refractivity contribution is 5.80. The average Bonchev–Trinajstić information content (AvgIpc) is 2.55. The lowest BCUT2D eigenvalue weighted by molar-refractivity contribution is 0.576. The molecule has 0 atom stereocenters. The lowest BCUT2D eigenvalue weighted by Gasteiger charge is -2.31. The Morgan fingerprint density at radius 2 is 1.95 bits per heavy atom. The van der Waals surface area contributed by atoms with Gasteiger partial charge in [-0.1, -0.05) is 18.2 Å². The molecule has 4 heteroatoms. The SMILES string of the molecule is c1ccc(N2CCCCC2)c(CNC2=NCCCN2)c1. The summed E-state index contributed by atoms with van der Waals surface area (Å²) in [6.45, 7) is 5.19. The summed E-state index contributed by atoms with van der Waals surface area (Å²) in [6.07, 6.45) is 5.14. The van der Waals surface area contributed by atoms with E-state index in [0.29, 0.717) is 0 Å². The molecule has 0 bridgehead atoms. The number of hydrogen-bond donors (Lipinski definition) is 2. The number of aliphatic imine (C=N–C) groups is 1. The van der Waals surface area contributed by atoms with Crippen LogP contribution in [-0.2, 0) is 6.54 Å². The van der Waals surface area contributed by atoms with Gasteiger partial charge in [0.1, 0.15) is 0 Å². The second-order valence-electron chi connectivity index (χ2n) is 5.54. The fourth-order valence-electron chi connectivity index (χ4n) is 2.93. The highest BCUT2D eigenvalue weighted by Crippen LogP contribution is 2.23. The number of nitrogens with one attached hydrogen (secondary N) is 2. The molecule has 1 aromatic rings. The fourth-order valence-corrected chi connectivity index (χ4v) is 2.93. The highest BCUT2D eigenvalue weighted by Gasteiger charge is 2.14. The van der Waals surface area contributed by atoms with Crippen LogP contribution in [0, 0.1) is 0 Å². The third-order valence-electron chi connectivity index (χ3n) is 4.03. The molecule has 3 rings (SSSR count). The molecule has 0 aliphatic carbocycles. The maximum Gasteiger partial charge on any atom is 0.191 e. The predicted molar refractivity (Wildman–Crippen MR) is 84.3 cm³/mol. The Morgan fingerprint density at radius 1 is 1.10 bits per heavy atom. The second kappa shape index (κ2) is 6.64. The number of para-hydroxylation sites is 1. The van der Waals surface area contributed by atoms with E-state index in [9.17, 15) is 0 Å². The number of benzene rings is 1. The van der Waals surface area contributed by atoms with Crippen LogP contribution >= 0.6 is 0 Å². The molecule has 0 aromatic heterocycles. The van der Waals surface area contributed by atoms with Crippen LogP contribution in [0.5, 0.6) is 0 Å². The molecule has 1 aromatic carbocycles. The molecule has 108 valence electrons. The van der Waals surface area contributed by atoms with Crippen molar-refractivity contribution in [3.8, 4) is 0 Å². The van der Waals surface area contributed by atoms with Crippen LogP contribution in [0.4, 0.5) is 5.69 Å². The maximum absolute atomic E-state index is 4.47. The largest absolute Gasteiger partial charge is 0.371 e. The van der Waals surface area contributed by atoms with Crippen LogP contribution in [0.25, 0.3) is 0 Å². The van der Waals surface area contributed by atoms with Gasteiger partial charge in [0.25, 0.3) is 0 Å². The van der Waals surface area contributed by atoms with Crippen molar-refractivity contribution in [1.82, 2.24) is 10.6 Å². The molecule has 2 aliphatic heterocycles. The van der Waals surface area contributed by atoms with Gasteiger partial charge in [-0.3, -0.25) is 4.99 Å². The van der Waals surface area contributed by atoms with E-state index in [1.807, 2.05) is 0 Å². The van der Waals surface area contributed by atoms with Crippen molar-refractivity contribution in [2.24, 2.45) is 4.99 Å². The quantitative estimate of drug-likeness (QED) is 0.885. The standard InChI is InChI=1S/C16H24N4/c1-4-11-20(12-5-1)15-8-3-2-7-14(15)13-19-16-17-9-6-10-18-16/h2-3,7-8H,1,4-6,9-13H2,(H2,17,18,19). The van der Waals surface area contributed by atoms with Gasteiger partial charge in [0.05, 0.1) is 0 Å². The number of hydrogen-bond acceptors (Lipinski definition) is 4. The fraction of sp³-hybridized carbons (Fsp3) is 0.562. The van der Waals surface area contributed by atoms with Gasteiger partial charge in [0, 0.05) is 38.4 Å². The number of anilines is 1. The molecule has 1 fully saturated rings. The summed E-state index contributed by atoms with van der Waals surface area (Å²) in [5.74, 6) is 0.949. The van der Waals surface area contributed by atoms with E-state index < -0.39 is 0 Å². The van der Waals surface area contributed by atoms with E-state index in [-0.39, 0.29) is 0 Å². The topological polar surface area (TPSA) is 39.7 Å². The molecule has 4 nitrogen and oxygen atoms in total. The Balaban J connectivity index is 1.67. The highest BCUT2D eigenvalue weighted by atomic mass is 15.2. The van der Waals surface area contributed by atoms with Crippen LogP contribution < -0.4 is 15.5 Å². The number of nitrogens with zero attached hydrogens (tertiary/aromatic N) is 2. The molecular formula is C16H24N4. The number of guanidine groups is 1. The summed E-state index contributed by atoms with van der Waals surface area (Å²) in [5.41, 5.74) is 2.75. The second-order valence-corrected chi connectivity index (χ2v) is 5.54. The summed E-state index contributed by atoms with van der Waals surface area (Å²) >= 11 is 0. The minimum atomic E-state index is 0.846. The van der Waals surface area contributed by atoms with Gasteiger partial charge in [-0.2, -0.15) is 0 Å². The lowest BCUT2D eigenvalue weighted by atomic mass is 10.1. The molecule has 0 radical (unpaired) electrons. The van der Waals surface area contributed by atoms with Crippen molar-refractivity contribution in [2.45, 2.75) is 32.2 Å². The molecule has 0 spiro atoms. The molecule has 0 amide bonds. The molecule has 20 heavy (non-hydrogen) atoms. The average molecular weight is 272 g/mol. The summed E-state index contributed by atoms with van der Waals surface area (Å²) < 4.78 is 0. The summed E-state index contributed by atoms with van der Waals surface area (Å²) in [4.78, 5) is 6.99. The van der Waals surface area contributed by atoms with Gasteiger partial charge in [-0.05, 0) is 37.3 Å². The van der Waals surface area contributed by atoms with Gasteiger partial charge in [0.15, 0.2) is 5.96 Å². The molecule has 2 N–H and O–H groups in total. The van der Waals surface area contributed by atoms with E-state index >= 15 is 0 Å². The van der Waals surface area contributed by atoms with E-state index in [4.69, 9.17) is 0 Å². The maximum atomic E-state index is 4.47. The molecule has 0 unspecified atom stereocenters. The van der Waals surface area contributed by atoms with Crippen LogP contribution in [0.2, 0.25) is 0 Å². The Labute approximate surface area is 121 Å². The number of piperidine rings is 1. The normalized spacial score (nSPS) is 19.2. The Hall–Kier alpha value is -1.71. The summed E-state index contributed by atoms with van der Waals surface area (Å²) in [7, 11) is 0. The minimum Gasteiger partial charge on any atom is -0.371 e. The zero-order valence-corrected chi connectivity index (χ0v) is 12.1. The summed E-state index contributed by atoms with van der Waals surface area (Å²) in [6, 6.07) is 8.74. The van der Waals surface area contributed by atoms with Crippen molar-refractivity contribution in [3.63, 3.8) is 0 Å². The Kier molecular flexibility index (Phi) is 4.41. The van der Waals surface area contributed by atoms with Crippen LogP contribution in [-0.4, -0.2) is 32.1 Å². The first-order chi connectivity index (χ1) is 9.93. The zero-order valence-electron chi connectivity index (χ0n) is 12.1. The van der Waals surface area contributed by atoms with E-state index in [2.05, 4.69) is 44.8 Å². The van der Waals surface area contributed by atoms with Gasteiger partial charge < -0.3 is 15.5 Å². The van der Waals surface area contributed by atoms with E-state index in [1.165, 1.54) is 43.6 Å². The minimum absolute atomic E-state index is 0.846. The Morgan fingerprint density at radius 3 is 2.75 bits per heavy atom. The monoisotopic (exact) mass is 272 g/mol. The smallest absolute Gasteiger partial charge is 0.191 e. The zero-order chi connectivity index (χ0) is 13.6. The first kappa shape index (κ1) is 13.3. The molecule has 1 saturated heterocycles. The molecule has 0 saturated carbocycles. The first-order valence-corrected chi connectivity index (χ1v) is 7.78. The van der Waals surface area contributed by atoms with Crippen molar-refractivity contribution >= 4 is 11.6 Å². The molecule has 2 aliphatic rings. The Bertz CT molecular complexity index is 463. The third-order valence-corrected chi connectivity index (χ3v) is 4.03. The molecule has 2 heterocycles. The van der Waals surface area contributed by atoms with Crippen LogP contribution in [0.1, 0.15) is 31.2 Å².